The first-order valence-corrected chi connectivity index (χ1v) is 6.16. The number of rotatable bonds is 3. The Morgan fingerprint density at radius 1 is 1.47 bits per heavy atom. The molecular weight excluding hydrogens is 266 g/mol. The van der Waals surface area contributed by atoms with Crippen LogP contribution in [0.25, 0.3) is 0 Å². The molecule has 1 atom stereocenters. The number of carbonyl (C=O) groups is 1. The Morgan fingerprint density at radius 2 is 2.21 bits per heavy atom. The van der Waals surface area contributed by atoms with E-state index in [4.69, 9.17) is 11.6 Å². The van der Waals surface area contributed by atoms with Crippen molar-refractivity contribution in [2.24, 2.45) is 7.05 Å². The van der Waals surface area contributed by atoms with Gasteiger partial charge in [-0.05, 0) is 42.0 Å². The molecule has 1 aromatic carbocycles. The van der Waals surface area contributed by atoms with Crippen molar-refractivity contribution < 1.29 is 4.79 Å². The Balaban J connectivity index is 2.18. The Labute approximate surface area is 115 Å². The number of aromatic nitrogens is 4. The molecule has 100 valence electrons. The van der Waals surface area contributed by atoms with Gasteiger partial charge in [-0.1, -0.05) is 17.7 Å². The smallest absolute Gasteiger partial charge is 0.252 e. The molecule has 0 aliphatic rings. The Hall–Kier alpha value is -1.95. The summed E-state index contributed by atoms with van der Waals surface area (Å²) in [5.74, 6) is 0.392. The number of tetrazole rings is 1. The van der Waals surface area contributed by atoms with Crippen LogP contribution in [-0.2, 0) is 7.05 Å². The number of halogens is 1. The molecule has 1 N–H and O–H groups in total. The van der Waals surface area contributed by atoms with E-state index in [0.29, 0.717) is 16.4 Å². The van der Waals surface area contributed by atoms with Crippen molar-refractivity contribution >= 4 is 17.5 Å². The second-order valence-electron chi connectivity index (χ2n) is 4.27. The van der Waals surface area contributed by atoms with E-state index in [1.165, 1.54) is 4.68 Å². The number of nitrogens with one attached hydrogen (secondary N) is 1. The van der Waals surface area contributed by atoms with Crippen LogP contribution in [-0.4, -0.2) is 26.1 Å². The van der Waals surface area contributed by atoms with Crippen LogP contribution >= 0.6 is 11.6 Å². The molecule has 1 heterocycles. The highest BCUT2D eigenvalue weighted by atomic mass is 35.5. The molecule has 1 amide bonds. The molecule has 2 aromatic rings. The molecule has 0 saturated carbocycles. The second-order valence-corrected chi connectivity index (χ2v) is 4.68. The summed E-state index contributed by atoms with van der Waals surface area (Å²) in [5.41, 5.74) is 1.31. The van der Waals surface area contributed by atoms with Gasteiger partial charge in [0.05, 0.1) is 6.04 Å². The summed E-state index contributed by atoms with van der Waals surface area (Å²) in [5, 5.41) is 14.6. The maximum atomic E-state index is 12.2. The van der Waals surface area contributed by atoms with Crippen LogP contribution in [0.15, 0.2) is 18.2 Å². The van der Waals surface area contributed by atoms with Gasteiger partial charge in [0.1, 0.15) is 0 Å². The normalized spacial score (nSPS) is 12.2. The zero-order valence-electron chi connectivity index (χ0n) is 10.9. The van der Waals surface area contributed by atoms with Crippen LogP contribution in [0, 0.1) is 6.92 Å². The van der Waals surface area contributed by atoms with Gasteiger partial charge < -0.3 is 5.32 Å². The van der Waals surface area contributed by atoms with E-state index < -0.39 is 0 Å². The first-order chi connectivity index (χ1) is 9.00. The molecule has 1 aromatic heterocycles. The minimum absolute atomic E-state index is 0.199. The van der Waals surface area contributed by atoms with Gasteiger partial charge in [0.25, 0.3) is 5.91 Å². The van der Waals surface area contributed by atoms with Crippen molar-refractivity contribution in [3.05, 3.63) is 40.2 Å². The molecule has 0 spiro atoms. The standard InChI is InChI=1S/C12H14ClN5O/c1-7-9(5-4-6-10(7)13)12(19)14-8(2)11-15-16-17-18(11)3/h4-6,8H,1-3H3,(H,14,19). The van der Waals surface area contributed by atoms with E-state index in [0.717, 1.165) is 5.56 Å². The average Bonchev–Trinajstić information content (AvgIpc) is 2.79. The van der Waals surface area contributed by atoms with Crippen molar-refractivity contribution in [2.75, 3.05) is 0 Å². The van der Waals surface area contributed by atoms with Gasteiger partial charge in [0.15, 0.2) is 5.82 Å². The van der Waals surface area contributed by atoms with Crippen LogP contribution in [0.5, 0.6) is 0 Å². The summed E-state index contributed by atoms with van der Waals surface area (Å²) >= 11 is 6.00. The molecule has 0 fully saturated rings. The van der Waals surface area contributed by atoms with E-state index in [-0.39, 0.29) is 11.9 Å². The van der Waals surface area contributed by atoms with Crippen molar-refractivity contribution in [2.45, 2.75) is 19.9 Å². The minimum Gasteiger partial charge on any atom is -0.342 e. The number of amides is 1. The molecule has 1 unspecified atom stereocenters. The third kappa shape index (κ3) is 2.73. The summed E-state index contributed by atoms with van der Waals surface area (Å²) in [6.45, 7) is 3.63. The lowest BCUT2D eigenvalue weighted by Gasteiger charge is -2.13. The maximum Gasteiger partial charge on any atom is 0.252 e. The third-order valence-electron chi connectivity index (χ3n) is 2.90. The molecule has 6 nitrogen and oxygen atoms in total. The summed E-state index contributed by atoms with van der Waals surface area (Å²) in [4.78, 5) is 12.2. The van der Waals surface area contributed by atoms with E-state index in [1.54, 1.807) is 25.2 Å². The Kier molecular flexibility index (Phi) is 3.80. The van der Waals surface area contributed by atoms with E-state index in [1.807, 2.05) is 13.8 Å². The summed E-state index contributed by atoms with van der Waals surface area (Å²) in [7, 11) is 1.72. The van der Waals surface area contributed by atoms with Crippen LogP contribution in [0.4, 0.5) is 0 Å². The topological polar surface area (TPSA) is 72.7 Å². The highest BCUT2D eigenvalue weighted by Gasteiger charge is 2.17. The lowest BCUT2D eigenvalue weighted by Crippen LogP contribution is -2.29. The van der Waals surface area contributed by atoms with E-state index in [2.05, 4.69) is 20.8 Å². The fraction of sp³-hybridized carbons (Fsp3) is 0.333. The number of hydrogen-bond acceptors (Lipinski definition) is 4. The summed E-state index contributed by atoms with van der Waals surface area (Å²) in [6.07, 6.45) is 0. The first-order valence-electron chi connectivity index (χ1n) is 5.79. The second kappa shape index (κ2) is 5.36. The molecule has 0 aliphatic heterocycles. The number of hydrogen-bond donors (Lipinski definition) is 1. The summed E-state index contributed by atoms with van der Waals surface area (Å²) < 4.78 is 1.52. The van der Waals surface area contributed by atoms with Crippen LogP contribution in [0.1, 0.15) is 34.7 Å². The number of aryl methyl sites for hydroxylation is 1. The predicted octanol–water partition coefficient (Wildman–Crippen LogP) is 1.66. The Morgan fingerprint density at radius 3 is 2.84 bits per heavy atom. The highest BCUT2D eigenvalue weighted by Crippen LogP contribution is 2.19. The lowest BCUT2D eigenvalue weighted by atomic mass is 10.1. The van der Waals surface area contributed by atoms with Gasteiger partial charge in [-0.15, -0.1) is 5.10 Å². The van der Waals surface area contributed by atoms with Crippen LogP contribution in [0.2, 0.25) is 5.02 Å². The molecule has 0 radical (unpaired) electrons. The fourth-order valence-corrected chi connectivity index (χ4v) is 1.97. The van der Waals surface area contributed by atoms with Crippen molar-refractivity contribution in [3.63, 3.8) is 0 Å². The van der Waals surface area contributed by atoms with E-state index >= 15 is 0 Å². The molecule has 0 bridgehead atoms. The van der Waals surface area contributed by atoms with Gasteiger partial charge in [-0.25, -0.2) is 4.68 Å². The van der Waals surface area contributed by atoms with Crippen LogP contribution in [0.3, 0.4) is 0 Å². The van der Waals surface area contributed by atoms with Gasteiger partial charge in [0, 0.05) is 17.6 Å². The largest absolute Gasteiger partial charge is 0.342 e. The molecular formula is C12H14ClN5O. The zero-order chi connectivity index (χ0) is 14.0. The summed E-state index contributed by atoms with van der Waals surface area (Å²) in [6, 6.07) is 4.95. The highest BCUT2D eigenvalue weighted by molar-refractivity contribution is 6.31. The molecule has 2 rings (SSSR count). The zero-order valence-corrected chi connectivity index (χ0v) is 11.6. The molecule has 19 heavy (non-hydrogen) atoms. The predicted molar refractivity (Wildman–Crippen MR) is 70.9 cm³/mol. The molecule has 0 saturated heterocycles. The first kappa shape index (κ1) is 13.5. The monoisotopic (exact) mass is 279 g/mol. The van der Waals surface area contributed by atoms with Gasteiger partial charge >= 0.3 is 0 Å². The molecule has 7 heteroatoms. The minimum atomic E-state index is -0.286. The van der Waals surface area contributed by atoms with Gasteiger partial charge in [-0.2, -0.15) is 0 Å². The van der Waals surface area contributed by atoms with Gasteiger partial charge in [-0.3, -0.25) is 4.79 Å². The van der Waals surface area contributed by atoms with Crippen LogP contribution < -0.4 is 5.32 Å². The quantitative estimate of drug-likeness (QED) is 0.927. The Bertz CT molecular complexity index is 610. The van der Waals surface area contributed by atoms with Crippen molar-refractivity contribution in [1.82, 2.24) is 25.5 Å². The molecule has 0 aliphatic carbocycles. The lowest BCUT2D eigenvalue weighted by molar-refractivity contribution is 0.0937. The van der Waals surface area contributed by atoms with Crippen molar-refractivity contribution in [1.29, 1.82) is 0 Å². The fourth-order valence-electron chi connectivity index (χ4n) is 1.80. The number of carbonyl (C=O) groups excluding carboxylic acids is 1. The van der Waals surface area contributed by atoms with E-state index in [9.17, 15) is 4.79 Å². The average molecular weight is 280 g/mol. The number of nitrogens with zero attached hydrogens (tertiary/aromatic N) is 4. The SMILES string of the molecule is Cc1c(Cl)cccc1C(=O)NC(C)c1nnnn1C. The maximum absolute atomic E-state index is 12.2. The third-order valence-corrected chi connectivity index (χ3v) is 3.31. The van der Waals surface area contributed by atoms with Crippen molar-refractivity contribution in [3.8, 4) is 0 Å². The van der Waals surface area contributed by atoms with Gasteiger partial charge in [0.2, 0.25) is 0 Å². The number of benzene rings is 1.